The number of rotatable bonds is 2. The van der Waals surface area contributed by atoms with Gasteiger partial charge in [-0.15, -0.1) is 0 Å². The molecule has 0 spiro atoms. The van der Waals surface area contributed by atoms with Crippen molar-refractivity contribution in [3.63, 3.8) is 0 Å². The second-order valence-electron chi connectivity index (χ2n) is 3.71. The topological polar surface area (TPSA) is 75.7 Å². The van der Waals surface area contributed by atoms with E-state index in [2.05, 4.69) is 10.1 Å². The third-order valence-electron chi connectivity index (χ3n) is 2.86. The number of urea groups is 1. The predicted molar refractivity (Wildman–Crippen MR) is 48.8 cm³/mol. The van der Waals surface area contributed by atoms with E-state index in [1.165, 1.54) is 12.0 Å². The predicted octanol–water partition coefficient (Wildman–Crippen LogP) is -0.368. The van der Waals surface area contributed by atoms with E-state index in [0.717, 1.165) is 0 Å². The summed E-state index contributed by atoms with van der Waals surface area (Å²) in [7, 11) is 1.30. The molecular weight excluding hydrogens is 200 g/mol. The van der Waals surface area contributed by atoms with Gasteiger partial charge in [0.15, 0.2) is 0 Å². The van der Waals surface area contributed by atoms with Gasteiger partial charge in [-0.1, -0.05) is 0 Å². The van der Waals surface area contributed by atoms with Crippen molar-refractivity contribution in [2.75, 3.05) is 7.11 Å². The van der Waals surface area contributed by atoms with Crippen molar-refractivity contribution >= 4 is 17.9 Å². The van der Waals surface area contributed by atoms with Gasteiger partial charge in [0, 0.05) is 6.42 Å². The lowest BCUT2D eigenvalue weighted by molar-refractivity contribution is -0.141. The van der Waals surface area contributed by atoms with Gasteiger partial charge < -0.3 is 10.1 Å². The molecule has 2 rings (SSSR count). The van der Waals surface area contributed by atoms with Crippen molar-refractivity contribution in [3.8, 4) is 0 Å². The number of carbonyl (C=O) groups excluding carboxylic acids is 3. The average Bonchev–Trinajstić information content (AvgIpc) is 2.71. The molecule has 82 valence electrons. The molecule has 0 saturated carbocycles. The van der Waals surface area contributed by atoms with Gasteiger partial charge in [-0.2, -0.15) is 0 Å². The number of amides is 3. The molecule has 0 radical (unpaired) electrons. The highest BCUT2D eigenvalue weighted by atomic mass is 16.5. The Hall–Kier alpha value is -1.59. The Bertz CT molecular complexity index is 328. The fourth-order valence-electron chi connectivity index (χ4n) is 2.13. The molecule has 6 nitrogen and oxygen atoms in total. The Morgan fingerprint density at radius 1 is 1.60 bits per heavy atom. The monoisotopic (exact) mass is 212 g/mol. The summed E-state index contributed by atoms with van der Waals surface area (Å²) in [5, 5.41) is 2.62. The summed E-state index contributed by atoms with van der Waals surface area (Å²) in [4.78, 5) is 35.0. The van der Waals surface area contributed by atoms with Crippen LogP contribution in [0.1, 0.15) is 19.3 Å². The number of nitrogens with zero attached hydrogens (tertiary/aromatic N) is 1. The van der Waals surface area contributed by atoms with Crippen LogP contribution in [0.5, 0.6) is 0 Å². The maximum absolute atomic E-state index is 11.4. The maximum Gasteiger partial charge on any atom is 0.324 e. The first kappa shape index (κ1) is 9.95. The van der Waals surface area contributed by atoms with Gasteiger partial charge in [0.2, 0.25) is 5.91 Å². The van der Waals surface area contributed by atoms with Gasteiger partial charge in [0.1, 0.15) is 0 Å². The quantitative estimate of drug-likeness (QED) is 0.634. The van der Waals surface area contributed by atoms with Crippen LogP contribution in [0.2, 0.25) is 0 Å². The second-order valence-corrected chi connectivity index (χ2v) is 3.71. The lowest BCUT2D eigenvalue weighted by atomic mass is 10.0. The molecule has 2 fully saturated rings. The number of hydrogen-bond acceptors (Lipinski definition) is 4. The molecule has 0 bridgehead atoms. The molecule has 0 aromatic heterocycles. The molecule has 0 aromatic carbocycles. The standard InChI is InChI=1S/C9H12N2O4/c1-15-8(13)4-5-6-2-3-7(12)11(6)9(14)10-5/h5-6H,2-4H2,1H3,(H,10,14). The minimum atomic E-state index is -0.392. The number of hydrogen-bond donors (Lipinski definition) is 1. The van der Waals surface area contributed by atoms with Crippen LogP contribution in [0, 0.1) is 0 Å². The van der Waals surface area contributed by atoms with Crippen LogP contribution in [-0.4, -0.2) is 42.0 Å². The summed E-state index contributed by atoms with van der Waals surface area (Å²) < 4.78 is 4.53. The fraction of sp³-hybridized carbons (Fsp3) is 0.667. The molecule has 3 amide bonds. The van der Waals surface area contributed by atoms with Crippen LogP contribution in [0.25, 0.3) is 0 Å². The van der Waals surface area contributed by atoms with E-state index in [4.69, 9.17) is 0 Å². The van der Waals surface area contributed by atoms with Crippen molar-refractivity contribution in [3.05, 3.63) is 0 Å². The zero-order valence-corrected chi connectivity index (χ0v) is 8.36. The molecule has 0 aromatic rings. The van der Waals surface area contributed by atoms with E-state index in [1.54, 1.807) is 0 Å². The van der Waals surface area contributed by atoms with E-state index in [9.17, 15) is 14.4 Å². The van der Waals surface area contributed by atoms with Crippen molar-refractivity contribution in [2.45, 2.75) is 31.3 Å². The van der Waals surface area contributed by atoms with E-state index >= 15 is 0 Å². The number of carbonyl (C=O) groups is 3. The van der Waals surface area contributed by atoms with Crippen molar-refractivity contribution in [1.82, 2.24) is 10.2 Å². The van der Waals surface area contributed by atoms with E-state index in [1.807, 2.05) is 0 Å². The van der Waals surface area contributed by atoms with Crippen molar-refractivity contribution in [1.29, 1.82) is 0 Å². The average molecular weight is 212 g/mol. The number of ether oxygens (including phenoxy) is 1. The first-order valence-corrected chi connectivity index (χ1v) is 4.83. The number of imide groups is 1. The Kier molecular flexibility index (Phi) is 2.34. The molecule has 2 saturated heterocycles. The second kappa shape index (κ2) is 3.52. The number of methoxy groups -OCH3 is 1. The van der Waals surface area contributed by atoms with Crippen LogP contribution in [0.3, 0.4) is 0 Å². The summed E-state index contributed by atoms with van der Waals surface area (Å²) in [6, 6.07) is -0.864. The molecule has 2 heterocycles. The Balaban J connectivity index is 2.07. The van der Waals surface area contributed by atoms with E-state index in [0.29, 0.717) is 12.8 Å². The number of nitrogens with one attached hydrogen (secondary N) is 1. The maximum atomic E-state index is 11.4. The first-order chi connectivity index (χ1) is 7.13. The van der Waals surface area contributed by atoms with Gasteiger partial charge in [0.25, 0.3) is 0 Å². The van der Waals surface area contributed by atoms with E-state index in [-0.39, 0.29) is 30.4 Å². The summed E-state index contributed by atoms with van der Waals surface area (Å²) in [5.74, 6) is -0.536. The zero-order chi connectivity index (χ0) is 11.0. The highest BCUT2D eigenvalue weighted by Gasteiger charge is 2.47. The fourth-order valence-corrected chi connectivity index (χ4v) is 2.13. The molecule has 1 N–H and O–H groups in total. The lowest BCUT2D eigenvalue weighted by Gasteiger charge is -2.15. The van der Waals surface area contributed by atoms with Gasteiger partial charge in [0.05, 0.1) is 25.6 Å². The third-order valence-corrected chi connectivity index (χ3v) is 2.86. The van der Waals surface area contributed by atoms with Crippen LogP contribution < -0.4 is 5.32 Å². The molecule has 15 heavy (non-hydrogen) atoms. The van der Waals surface area contributed by atoms with Crippen molar-refractivity contribution < 1.29 is 19.1 Å². The summed E-state index contributed by atoms with van der Waals surface area (Å²) >= 11 is 0. The molecule has 2 aliphatic heterocycles. The Labute approximate surface area is 86.6 Å². The Morgan fingerprint density at radius 3 is 3.00 bits per heavy atom. The SMILES string of the molecule is COC(=O)CC1NC(=O)N2C(=O)CCC12. The normalized spacial score (nSPS) is 29.0. The summed E-state index contributed by atoms with van der Waals surface area (Å²) in [6.07, 6.45) is 1.13. The van der Waals surface area contributed by atoms with E-state index < -0.39 is 6.03 Å². The van der Waals surface area contributed by atoms with Crippen molar-refractivity contribution in [2.24, 2.45) is 0 Å². The van der Waals surface area contributed by atoms with Gasteiger partial charge in [-0.05, 0) is 6.42 Å². The summed E-state index contributed by atoms with van der Waals surface area (Å²) in [6.45, 7) is 0. The van der Waals surface area contributed by atoms with Gasteiger partial charge >= 0.3 is 12.0 Å². The Morgan fingerprint density at radius 2 is 2.33 bits per heavy atom. The highest BCUT2D eigenvalue weighted by Crippen LogP contribution is 2.27. The summed E-state index contributed by atoms with van der Waals surface area (Å²) in [5.41, 5.74) is 0. The van der Waals surface area contributed by atoms with Gasteiger partial charge in [-0.3, -0.25) is 14.5 Å². The van der Waals surface area contributed by atoms with Crippen LogP contribution >= 0.6 is 0 Å². The molecule has 2 atom stereocenters. The van der Waals surface area contributed by atoms with Crippen LogP contribution in [0.4, 0.5) is 4.79 Å². The first-order valence-electron chi connectivity index (χ1n) is 4.83. The number of fused-ring (bicyclic) bond motifs is 1. The lowest BCUT2D eigenvalue weighted by Crippen LogP contribution is -2.34. The minimum absolute atomic E-state index is 0.122. The largest absolute Gasteiger partial charge is 0.469 e. The van der Waals surface area contributed by atoms with Crippen LogP contribution in [0.15, 0.2) is 0 Å². The molecule has 0 aliphatic carbocycles. The minimum Gasteiger partial charge on any atom is -0.469 e. The zero-order valence-electron chi connectivity index (χ0n) is 8.36. The number of esters is 1. The van der Waals surface area contributed by atoms with Gasteiger partial charge in [-0.25, -0.2) is 4.79 Å². The molecule has 2 aliphatic rings. The highest BCUT2D eigenvalue weighted by molar-refractivity contribution is 5.98. The smallest absolute Gasteiger partial charge is 0.324 e. The molecular formula is C9H12N2O4. The molecule has 6 heteroatoms. The molecule has 2 unspecified atom stereocenters. The third kappa shape index (κ3) is 1.55. The van der Waals surface area contributed by atoms with Crippen LogP contribution in [-0.2, 0) is 14.3 Å².